The Bertz CT molecular complexity index is 283. The van der Waals surface area contributed by atoms with Crippen LogP contribution in [-0.2, 0) is 7.05 Å². The summed E-state index contributed by atoms with van der Waals surface area (Å²) in [6.45, 7) is 0.639. The normalized spacial score (nSPS) is 19.5. The van der Waals surface area contributed by atoms with Gasteiger partial charge < -0.3 is 11.1 Å². The van der Waals surface area contributed by atoms with Crippen LogP contribution >= 0.6 is 0 Å². The van der Waals surface area contributed by atoms with Crippen molar-refractivity contribution in [3.05, 3.63) is 0 Å². The van der Waals surface area contributed by atoms with Crippen LogP contribution in [0.25, 0.3) is 0 Å². The van der Waals surface area contributed by atoms with E-state index in [2.05, 4.69) is 20.8 Å². The highest BCUT2D eigenvalue weighted by Crippen LogP contribution is 2.33. The van der Waals surface area contributed by atoms with Crippen molar-refractivity contribution in [1.29, 1.82) is 0 Å². The van der Waals surface area contributed by atoms with Crippen LogP contribution in [0.2, 0.25) is 0 Å². The standard InChI is InChI=1S/C7H14N6/c1-13-6(10-11-12-13)9-7(5-8)3-2-4-7/h2-5,8H2,1H3,(H,9,10,12). The summed E-state index contributed by atoms with van der Waals surface area (Å²) in [5.41, 5.74) is 5.74. The van der Waals surface area contributed by atoms with E-state index in [0.717, 1.165) is 12.8 Å². The summed E-state index contributed by atoms with van der Waals surface area (Å²) >= 11 is 0. The fourth-order valence-electron chi connectivity index (χ4n) is 1.56. The monoisotopic (exact) mass is 182 g/mol. The van der Waals surface area contributed by atoms with Crippen LogP contribution in [0.4, 0.5) is 5.95 Å². The number of rotatable bonds is 3. The smallest absolute Gasteiger partial charge is 0.243 e. The maximum Gasteiger partial charge on any atom is 0.243 e. The molecule has 1 saturated carbocycles. The molecule has 0 aliphatic heterocycles. The summed E-state index contributed by atoms with van der Waals surface area (Å²) in [7, 11) is 1.81. The Morgan fingerprint density at radius 3 is 2.77 bits per heavy atom. The lowest BCUT2D eigenvalue weighted by Gasteiger charge is -2.41. The molecule has 0 aromatic carbocycles. The summed E-state index contributed by atoms with van der Waals surface area (Å²) in [4.78, 5) is 0. The van der Waals surface area contributed by atoms with Gasteiger partial charge >= 0.3 is 0 Å². The van der Waals surface area contributed by atoms with Crippen LogP contribution in [0.3, 0.4) is 0 Å². The molecule has 0 atom stereocenters. The zero-order valence-corrected chi connectivity index (χ0v) is 7.69. The van der Waals surface area contributed by atoms with Crippen molar-refractivity contribution in [2.45, 2.75) is 24.8 Å². The van der Waals surface area contributed by atoms with E-state index in [0.29, 0.717) is 12.5 Å². The molecule has 6 heteroatoms. The Morgan fingerprint density at radius 1 is 1.62 bits per heavy atom. The average Bonchev–Trinajstić information content (AvgIpc) is 2.44. The zero-order valence-electron chi connectivity index (χ0n) is 7.69. The third kappa shape index (κ3) is 1.37. The van der Waals surface area contributed by atoms with Gasteiger partial charge in [-0.25, -0.2) is 4.68 Å². The fraction of sp³-hybridized carbons (Fsp3) is 0.857. The largest absolute Gasteiger partial charge is 0.346 e. The molecule has 1 aliphatic carbocycles. The van der Waals surface area contributed by atoms with Gasteiger partial charge in [-0.3, -0.25) is 0 Å². The first-order valence-electron chi connectivity index (χ1n) is 4.46. The minimum absolute atomic E-state index is 0.0441. The minimum atomic E-state index is 0.0441. The maximum atomic E-state index is 5.70. The van der Waals surface area contributed by atoms with Gasteiger partial charge in [-0.05, 0) is 29.7 Å². The van der Waals surface area contributed by atoms with E-state index in [9.17, 15) is 0 Å². The van der Waals surface area contributed by atoms with Gasteiger partial charge in [-0.15, -0.1) is 0 Å². The molecule has 0 spiro atoms. The number of nitrogens with one attached hydrogen (secondary N) is 1. The summed E-state index contributed by atoms with van der Waals surface area (Å²) in [6.07, 6.45) is 3.45. The molecule has 0 bridgehead atoms. The first kappa shape index (κ1) is 8.43. The third-order valence-electron chi connectivity index (χ3n) is 2.70. The average molecular weight is 182 g/mol. The van der Waals surface area contributed by atoms with Crippen molar-refractivity contribution in [2.75, 3.05) is 11.9 Å². The van der Waals surface area contributed by atoms with Crippen molar-refractivity contribution in [1.82, 2.24) is 20.2 Å². The molecule has 1 aliphatic rings. The number of tetrazole rings is 1. The second-order valence-corrected chi connectivity index (χ2v) is 3.59. The Labute approximate surface area is 76.5 Å². The summed E-state index contributed by atoms with van der Waals surface area (Å²) < 4.78 is 1.62. The highest BCUT2D eigenvalue weighted by Gasteiger charge is 2.36. The van der Waals surface area contributed by atoms with Crippen LogP contribution in [0, 0.1) is 0 Å². The molecule has 2 rings (SSSR count). The van der Waals surface area contributed by atoms with Gasteiger partial charge in [-0.2, -0.15) is 0 Å². The molecular weight excluding hydrogens is 168 g/mol. The lowest BCUT2D eigenvalue weighted by Crippen LogP contribution is -2.51. The number of hydrogen-bond acceptors (Lipinski definition) is 5. The van der Waals surface area contributed by atoms with Crippen LogP contribution in [0.5, 0.6) is 0 Å². The van der Waals surface area contributed by atoms with E-state index in [1.165, 1.54) is 6.42 Å². The van der Waals surface area contributed by atoms with Gasteiger partial charge in [0.2, 0.25) is 5.95 Å². The molecule has 1 aromatic heterocycles. The number of aromatic nitrogens is 4. The maximum absolute atomic E-state index is 5.70. The zero-order chi connectivity index (χ0) is 9.31. The first-order valence-corrected chi connectivity index (χ1v) is 4.46. The molecule has 0 unspecified atom stereocenters. The predicted octanol–water partition coefficient (Wildman–Crippen LogP) is -0.497. The van der Waals surface area contributed by atoms with E-state index in [4.69, 9.17) is 5.73 Å². The predicted molar refractivity (Wildman–Crippen MR) is 48.1 cm³/mol. The van der Waals surface area contributed by atoms with E-state index < -0.39 is 0 Å². The molecule has 1 heterocycles. The molecule has 3 N–H and O–H groups in total. The van der Waals surface area contributed by atoms with Crippen molar-refractivity contribution in [3.63, 3.8) is 0 Å². The van der Waals surface area contributed by atoms with E-state index >= 15 is 0 Å². The van der Waals surface area contributed by atoms with Crippen LogP contribution in [0.1, 0.15) is 19.3 Å². The number of hydrogen-bond donors (Lipinski definition) is 2. The van der Waals surface area contributed by atoms with Crippen molar-refractivity contribution in [3.8, 4) is 0 Å². The lowest BCUT2D eigenvalue weighted by molar-refractivity contribution is 0.284. The molecule has 13 heavy (non-hydrogen) atoms. The van der Waals surface area contributed by atoms with Crippen molar-refractivity contribution in [2.24, 2.45) is 12.8 Å². The van der Waals surface area contributed by atoms with Gasteiger partial charge in [0, 0.05) is 13.6 Å². The Balaban J connectivity index is 2.08. The van der Waals surface area contributed by atoms with E-state index in [1.54, 1.807) is 4.68 Å². The van der Waals surface area contributed by atoms with Crippen molar-refractivity contribution < 1.29 is 0 Å². The molecule has 0 amide bonds. The van der Waals surface area contributed by atoms with Crippen LogP contribution < -0.4 is 11.1 Å². The number of nitrogens with zero attached hydrogens (tertiary/aromatic N) is 4. The SMILES string of the molecule is Cn1nnnc1NC1(CN)CCC1. The quantitative estimate of drug-likeness (QED) is 0.658. The van der Waals surface area contributed by atoms with E-state index in [-0.39, 0.29) is 5.54 Å². The summed E-state index contributed by atoms with van der Waals surface area (Å²) in [6, 6.07) is 0. The fourth-order valence-corrected chi connectivity index (χ4v) is 1.56. The topological polar surface area (TPSA) is 81.7 Å². The van der Waals surface area contributed by atoms with Gasteiger partial charge in [0.25, 0.3) is 0 Å². The van der Waals surface area contributed by atoms with Crippen molar-refractivity contribution >= 4 is 5.95 Å². The van der Waals surface area contributed by atoms with Gasteiger partial charge in [0.05, 0.1) is 5.54 Å². The number of anilines is 1. The molecule has 0 radical (unpaired) electrons. The second kappa shape index (κ2) is 2.95. The number of nitrogens with two attached hydrogens (primary N) is 1. The summed E-state index contributed by atoms with van der Waals surface area (Å²) in [5.74, 6) is 0.699. The lowest BCUT2D eigenvalue weighted by atomic mass is 9.77. The Kier molecular flexibility index (Phi) is 1.91. The minimum Gasteiger partial charge on any atom is -0.346 e. The van der Waals surface area contributed by atoms with Gasteiger partial charge in [0.15, 0.2) is 0 Å². The Hall–Kier alpha value is -1.17. The molecule has 0 saturated heterocycles. The van der Waals surface area contributed by atoms with Crippen LogP contribution in [-0.4, -0.2) is 32.3 Å². The third-order valence-corrected chi connectivity index (χ3v) is 2.70. The number of aryl methyl sites for hydroxylation is 1. The Morgan fingerprint density at radius 2 is 2.38 bits per heavy atom. The summed E-state index contributed by atoms with van der Waals surface area (Å²) in [5, 5.41) is 14.5. The molecule has 1 fully saturated rings. The molecule has 1 aromatic rings. The molecular formula is C7H14N6. The molecule has 6 nitrogen and oxygen atoms in total. The molecule has 72 valence electrons. The van der Waals surface area contributed by atoms with Crippen LogP contribution in [0.15, 0.2) is 0 Å². The first-order chi connectivity index (χ1) is 6.26. The van der Waals surface area contributed by atoms with Gasteiger partial charge in [-0.1, -0.05) is 5.10 Å². The highest BCUT2D eigenvalue weighted by atomic mass is 15.6. The van der Waals surface area contributed by atoms with Gasteiger partial charge in [0.1, 0.15) is 0 Å². The second-order valence-electron chi connectivity index (χ2n) is 3.59. The highest BCUT2D eigenvalue weighted by molar-refractivity contribution is 5.29. The van der Waals surface area contributed by atoms with E-state index in [1.807, 2.05) is 7.05 Å².